The number of hydrogen-bond donors (Lipinski definition) is 2. The van der Waals surface area contributed by atoms with Gasteiger partial charge in [-0.3, -0.25) is 4.79 Å². The first kappa shape index (κ1) is 14.9. The van der Waals surface area contributed by atoms with Gasteiger partial charge >= 0.3 is 0 Å². The van der Waals surface area contributed by atoms with Gasteiger partial charge in [0.15, 0.2) is 0 Å². The van der Waals surface area contributed by atoms with E-state index in [1.165, 1.54) is 0 Å². The van der Waals surface area contributed by atoms with Crippen molar-refractivity contribution in [2.24, 2.45) is 0 Å². The molecule has 0 radical (unpaired) electrons. The van der Waals surface area contributed by atoms with Crippen LogP contribution in [0.4, 0.5) is 5.69 Å². The lowest BCUT2D eigenvalue weighted by Crippen LogP contribution is -2.25. The van der Waals surface area contributed by atoms with Crippen LogP contribution < -0.4 is 15.8 Å². The Balaban J connectivity index is 1.88. The molecule has 21 heavy (non-hydrogen) atoms. The lowest BCUT2D eigenvalue weighted by molar-refractivity contribution is 0.0954. The van der Waals surface area contributed by atoms with Gasteiger partial charge in [0.1, 0.15) is 5.75 Å². The lowest BCUT2D eigenvalue weighted by Gasteiger charge is -2.07. The summed E-state index contributed by atoms with van der Waals surface area (Å²) in [6.07, 6.45) is 0.775. The highest BCUT2D eigenvalue weighted by Gasteiger charge is 2.06. The minimum atomic E-state index is -0.0982. The molecule has 0 spiro atoms. The topological polar surface area (TPSA) is 64.3 Å². The van der Waals surface area contributed by atoms with Crippen molar-refractivity contribution in [3.8, 4) is 5.75 Å². The molecule has 0 heterocycles. The number of nitrogens with two attached hydrogens (primary N) is 1. The second-order valence-corrected chi connectivity index (χ2v) is 4.99. The van der Waals surface area contributed by atoms with E-state index in [4.69, 9.17) is 10.5 Å². The smallest absolute Gasteiger partial charge is 0.251 e. The monoisotopic (exact) mass is 284 g/mol. The van der Waals surface area contributed by atoms with Crippen molar-refractivity contribution in [2.45, 2.75) is 13.3 Å². The van der Waals surface area contributed by atoms with Crippen molar-refractivity contribution in [3.63, 3.8) is 0 Å². The molecule has 0 atom stereocenters. The molecule has 0 aliphatic heterocycles. The lowest BCUT2D eigenvalue weighted by atomic mass is 10.1. The average molecular weight is 284 g/mol. The largest absolute Gasteiger partial charge is 0.497 e. The summed E-state index contributed by atoms with van der Waals surface area (Å²) in [5, 5.41) is 2.90. The first-order valence-electron chi connectivity index (χ1n) is 6.87. The number of nitrogens with one attached hydrogen (secondary N) is 1. The van der Waals surface area contributed by atoms with Gasteiger partial charge in [-0.15, -0.1) is 0 Å². The molecule has 110 valence electrons. The van der Waals surface area contributed by atoms with Crippen LogP contribution in [0.15, 0.2) is 42.5 Å². The summed E-state index contributed by atoms with van der Waals surface area (Å²) in [7, 11) is 1.64. The van der Waals surface area contributed by atoms with Gasteiger partial charge in [-0.1, -0.05) is 12.1 Å². The minimum absolute atomic E-state index is 0.0982. The van der Waals surface area contributed by atoms with Crippen LogP contribution in [0.1, 0.15) is 21.5 Å². The van der Waals surface area contributed by atoms with Gasteiger partial charge in [0, 0.05) is 17.8 Å². The number of amides is 1. The molecule has 2 rings (SSSR count). The zero-order valence-corrected chi connectivity index (χ0v) is 12.3. The third-order valence-electron chi connectivity index (χ3n) is 3.22. The summed E-state index contributed by atoms with van der Waals surface area (Å²) in [4.78, 5) is 12.1. The number of rotatable bonds is 5. The molecule has 0 saturated heterocycles. The van der Waals surface area contributed by atoms with Crippen LogP contribution in [0.25, 0.3) is 0 Å². The molecule has 3 N–H and O–H groups in total. The van der Waals surface area contributed by atoms with Crippen LogP contribution in [-0.4, -0.2) is 19.6 Å². The van der Waals surface area contributed by atoms with Crippen LogP contribution in [0.5, 0.6) is 5.75 Å². The molecule has 4 nitrogen and oxygen atoms in total. The summed E-state index contributed by atoms with van der Waals surface area (Å²) in [5.74, 6) is 0.733. The molecule has 0 bridgehead atoms. The minimum Gasteiger partial charge on any atom is -0.497 e. The van der Waals surface area contributed by atoms with E-state index in [1.807, 2.05) is 43.3 Å². The Hall–Kier alpha value is -2.49. The second-order valence-electron chi connectivity index (χ2n) is 4.99. The van der Waals surface area contributed by atoms with Crippen molar-refractivity contribution >= 4 is 11.6 Å². The third kappa shape index (κ3) is 4.24. The first-order chi connectivity index (χ1) is 10.1. The maximum Gasteiger partial charge on any atom is 0.251 e. The fourth-order valence-corrected chi connectivity index (χ4v) is 2.16. The zero-order chi connectivity index (χ0) is 15.2. The highest BCUT2D eigenvalue weighted by Crippen LogP contribution is 2.12. The number of ether oxygens (including phenoxy) is 1. The molecular weight excluding hydrogens is 264 g/mol. The fourth-order valence-electron chi connectivity index (χ4n) is 2.16. The molecule has 4 heteroatoms. The van der Waals surface area contributed by atoms with E-state index >= 15 is 0 Å². The van der Waals surface area contributed by atoms with Crippen LogP contribution >= 0.6 is 0 Å². The van der Waals surface area contributed by atoms with E-state index in [9.17, 15) is 4.79 Å². The molecule has 0 unspecified atom stereocenters. The molecule has 2 aromatic carbocycles. The summed E-state index contributed by atoms with van der Waals surface area (Å²) >= 11 is 0. The van der Waals surface area contributed by atoms with E-state index in [2.05, 4.69) is 5.32 Å². The van der Waals surface area contributed by atoms with E-state index in [-0.39, 0.29) is 5.91 Å². The summed E-state index contributed by atoms with van der Waals surface area (Å²) in [6, 6.07) is 13.2. The predicted molar refractivity (Wildman–Crippen MR) is 84.6 cm³/mol. The zero-order valence-electron chi connectivity index (χ0n) is 12.3. The molecule has 2 aromatic rings. The summed E-state index contributed by atoms with van der Waals surface area (Å²) in [6.45, 7) is 2.50. The molecule has 1 amide bonds. The van der Waals surface area contributed by atoms with Crippen molar-refractivity contribution in [1.82, 2.24) is 5.32 Å². The fraction of sp³-hybridized carbons (Fsp3) is 0.235. The SMILES string of the molecule is COc1ccc(CCNC(=O)c2cc(C)cc(N)c2)cc1. The number of aryl methyl sites for hydroxylation is 1. The maximum atomic E-state index is 12.1. The number of anilines is 1. The van der Waals surface area contributed by atoms with Gasteiger partial charge in [0.05, 0.1) is 7.11 Å². The highest BCUT2D eigenvalue weighted by molar-refractivity contribution is 5.95. The number of hydrogen-bond acceptors (Lipinski definition) is 3. The molecular formula is C17H20N2O2. The number of carbonyl (C=O) groups is 1. The molecule has 0 aliphatic rings. The highest BCUT2D eigenvalue weighted by atomic mass is 16.5. The maximum absolute atomic E-state index is 12.1. The number of benzene rings is 2. The van der Waals surface area contributed by atoms with Crippen LogP contribution in [0, 0.1) is 6.92 Å². The Bertz CT molecular complexity index is 601. The van der Waals surface area contributed by atoms with Crippen LogP contribution in [0.3, 0.4) is 0 Å². The Kier molecular flexibility index (Phi) is 4.82. The molecule has 0 aromatic heterocycles. The summed E-state index contributed by atoms with van der Waals surface area (Å²) in [5.41, 5.74) is 9.09. The molecule has 0 aliphatic carbocycles. The Morgan fingerprint density at radius 1 is 1.19 bits per heavy atom. The number of nitrogen functional groups attached to an aromatic ring is 1. The molecule has 0 saturated carbocycles. The third-order valence-corrected chi connectivity index (χ3v) is 3.22. The Labute approximate surface area is 124 Å². The average Bonchev–Trinajstić information content (AvgIpc) is 2.47. The van der Waals surface area contributed by atoms with E-state index in [0.717, 1.165) is 23.3 Å². The van der Waals surface area contributed by atoms with Crippen molar-refractivity contribution < 1.29 is 9.53 Å². The normalized spacial score (nSPS) is 10.2. The Morgan fingerprint density at radius 2 is 1.90 bits per heavy atom. The van der Waals surface area contributed by atoms with Gasteiger partial charge in [-0.05, 0) is 54.8 Å². The number of carbonyl (C=O) groups excluding carboxylic acids is 1. The van der Waals surface area contributed by atoms with Crippen molar-refractivity contribution in [1.29, 1.82) is 0 Å². The van der Waals surface area contributed by atoms with Crippen LogP contribution in [0.2, 0.25) is 0 Å². The predicted octanol–water partition coefficient (Wildman–Crippen LogP) is 2.56. The van der Waals surface area contributed by atoms with E-state index in [1.54, 1.807) is 13.2 Å². The van der Waals surface area contributed by atoms with E-state index < -0.39 is 0 Å². The van der Waals surface area contributed by atoms with Gasteiger partial charge in [0.25, 0.3) is 5.91 Å². The van der Waals surface area contributed by atoms with Crippen molar-refractivity contribution in [3.05, 3.63) is 59.2 Å². The second kappa shape index (κ2) is 6.79. The van der Waals surface area contributed by atoms with Gasteiger partial charge in [0.2, 0.25) is 0 Å². The number of methoxy groups -OCH3 is 1. The quantitative estimate of drug-likeness (QED) is 0.829. The Morgan fingerprint density at radius 3 is 2.52 bits per heavy atom. The van der Waals surface area contributed by atoms with Crippen LogP contribution in [-0.2, 0) is 6.42 Å². The first-order valence-corrected chi connectivity index (χ1v) is 6.87. The van der Waals surface area contributed by atoms with Gasteiger partial charge in [-0.25, -0.2) is 0 Å². The standard InChI is InChI=1S/C17H20N2O2/c1-12-9-14(11-15(18)10-12)17(20)19-8-7-13-3-5-16(21-2)6-4-13/h3-6,9-11H,7-8,18H2,1-2H3,(H,19,20). The van der Waals surface area contributed by atoms with E-state index in [0.29, 0.717) is 17.8 Å². The van der Waals surface area contributed by atoms with Gasteiger partial charge in [-0.2, -0.15) is 0 Å². The summed E-state index contributed by atoms with van der Waals surface area (Å²) < 4.78 is 5.11. The van der Waals surface area contributed by atoms with Gasteiger partial charge < -0.3 is 15.8 Å². The van der Waals surface area contributed by atoms with Crippen molar-refractivity contribution in [2.75, 3.05) is 19.4 Å². The molecule has 0 fully saturated rings.